The molecule has 0 aliphatic carbocycles. The van der Waals surface area contributed by atoms with Crippen LogP contribution in [0, 0.1) is 17.1 Å². The van der Waals surface area contributed by atoms with Gasteiger partial charge in [0, 0.05) is 21.5 Å². The van der Waals surface area contributed by atoms with Crippen molar-refractivity contribution in [2.24, 2.45) is 0 Å². The Balaban J connectivity index is 1.39. The Kier molecular flexibility index (Phi) is 7.85. The lowest BCUT2D eigenvalue weighted by Gasteiger charge is -2.20. The largest absolute Gasteiger partial charge is 0.308 e. The molecule has 0 saturated carbocycles. The summed E-state index contributed by atoms with van der Waals surface area (Å²) < 4.78 is 20.7. The number of hydrogen-bond donors (Lipinski definition) is 0. The Morgan fingerprint density at radius 2 is 0.855 bits per heavy atom. The SMILES string of the molecule is CC(C)(C)c1ccc2c(c1)c1ccc(-c3ccccc3)cc1n2-c1cc(F)cc(-n2c3ccc(C(C)(C)C)cc3c3ccc(-c4ccccc4)cc32)c1C#N. The monoisotopic (exact) mass is 715 g/mol. The van der Waals surface area contributed by atoms with E-state index in [0.717, 1.165) is 65.9 Å². The Hall–Kier alpha value is -6.44. The van der Waals surface area contributed by atoms with Gasteiger partial charge in [-0.15, -0.1) is 0 Å². The van der Waals surface area contributed by atoms with Gasteiger partial charge in [-0.1, -0.05) is 139 Å². The van der Waals surface area contributed by atoms with Crippen LogP contribution in [0.15, 0.2) is 146 Å². The third kappa shape index (κ3) is 5.70. The van der Waals surface area contributed by atoms with Gasteiger partial charge in [-0.05, 0) is 92.7 Å². The molecule has 4 heteroatoms. The van der Waals surface area contributed by atoms with Crippen LogP contribution >= 0.6 is 0 Å². The molecule has 7 aromatic carbocycles. The van der Waals surface area contributed by atoms with Crippen LogP contribution in [0.3, 0.4) is 0 Å². The van der Waals surface area contributed by atoms with Crippen LogP contribution in [0.2, 0.25) is 0 Å². The molecule has 3 nitrogen and oxygen atoms in total. The van der Waals surface area contributed by atoms with E-state index in [0.29, 0.717) is 16.9 Å². The Morgan fingerprint density at radius 3 is 1.24 bits per heavy atom. The summed E-state index contributed by atoms with van der Waals surface area (Å²) in [6.45, 7) is 13.3. The lowest BCUT2D eigenvalue weighted by molar-refractivity contribution is 0.591. The number of rotatable bonds is 4. The number of nitriles is 1. The molecular weight excluding hydrogens is 674 g/mol. The lowest BCUT2D eigenvalue weighted by Crippen LogP contribution is -2.11. The van der Waals surface area contributed by atoms with Crippen LogP contribution in [-0.2, 0) is 10.8 Å². The molecule has 0 atom stereocenters. The van der Waals surface area contributed by atoms with Gasteiger partial charge in [-0.3, -0.25) is 0 Å². The van der Waals surface area contributed by atoms with Gasteiger partial charge in [0.2, 0.25) is 0 Å². The van der Waals surface area contributed by atoms with E-state index < -0.39 is 5.82 Å². The Bertz CT molecular complexity index is 2800. The average Bonchev–Trinajstić information content (AvgIpc) is 3.68. The third-order valence-corrected chi connectivity index (χ3v) is 11.1. The molecule has 268 valence electrons. The molecular formula is C51H42FN3. The van der Waals surface area contributed by atoms with E-state index in [2.05, 4.69) is 154 Å². The van der Waals surface area contributed by atoms with Gasteiger partial charge >= 0.3 is 0 Å². The summed E-state index contributed by atoms with van der Waals surface area (Å²) in [6.07, 6.45) is 0. The van der Waals surface area contributed by atoms with Gasteiger partial charge < -0.3 is 9.13 Å². The maximum Gasteiger partial charge on any atom is 0.127 e. The number of aromatic nitrogens is 2. The van der Waals surface area contributed by atoms with Gasteiger partial charge in [0.15, 0.2) is 0 Å². The second kappa shape index (κ2) is 12.6. The highest BCUT2D eigenvalue weighted by Gasteiger charge is 2.25. The predicted molar refractivity (Wildman–Crippen MR) is 228 cm³/mol. The van der Waals surface area contributed by atoms with Gasteiger partial charge in [0.05, 0.1) is 33.4 Å². The summed E-state index contributed by atoms with van der Waals surface area (Å²) in [7, 11) is 0. The van der Waals surface area contributed by atoms with Crippen molar-refractivity contribution in [2.45, 2.75) is 52.4 Å². The summed E-state index contributed by atoms with van der Waals surface area (Å²) in [4.78, 5) is 0. The molecule has 0 aliphatic rings. The average molecular weight is 716 g/mol. The molecule has 0 saturated heterocycles. The molecule has 0 fully saturated rings. The minimum Gasteiger partial charge on any atom is -0.308 e. The number of benzene rings is 7. The fourth-order valence-corrected chi connectivity index (χ4v) is 8.16. The van der Waals surface area contributed by atoms with E-state index in [1.807, 2.05) is 36.4 Å². The van der Waals surface area contributed by atoms with E-state index in [-0.39, 0.29) is 10.8 Å². The lowest BCUT2D eigenvalue weighted by atomic mass is 9.86. The van der Waals surface area contributed by atoms with Crippen molar-refractivity contribution < 1.29 is 4.39 Å². The first-order valence-electron chi connectivity index (χ1n) is 18.9. The van der Waals surface area contributed by atoms with Gasteiger partial charge in [-0.25, -0.2) is 4.39 Å². The van der Waals surface area contributed by atoms with Crippen LogP contribution in [0.4, 0.5) is 4.39 Å². The second-order valence-corrected chi connectivity index (χ2v) is 16.8. The quantitative estimate of drug-likeness (QED) is 0.179. The van der Waals surface area contributed by atoms with E-state index in [1.165, 1.54) is 23.3 Å². The molecule has 2 aromatic heterocycles. The molecule has 0 spiro atoms. The maximum absolute atomic E-state index is 16.5. The van der Waals surface area contributed by atoms with Crippen molar-refractivity contribution in [3.05, 3.63) is 168 Å². The molecule has 9 rings (SSSR count). The zero-order chi connectivity index (χ0) is 38.2. The minimum atomic E-state index is -0.412. The minimum absolute atomic E-state index is 0.0710. The first-order chi connectivity index (χ1) is 26.4. The molecule has 0 unspecified atom stereocenters. The van der Waals surface area contributed by atoms with Crippen molar-refractivity contribution in [2.75, 3.05) is 0 Å². The van der Waals surface area contributed by atoms with Crippen molar-refractivity contribution in [1.82, 2.24) is 9.13 Å². The van der Waals surface area contributed by atoms with Crippen LogP contribution in [0.5, 0.6) is 0 Å². The zero-order valence-corrected chi connectivity index (χ0v) is 32.1. The van der Waals surface area contributed by atoms with E-state index in [4.69, 9.17) is 0 Å². The molecule has 55 heavy (non-hydrogen) atoms. The molecule has 0 bridgehead atoms. The Labute approximate surface area is 321 Å². The van der Waals surface area contributed by atoms with Crippen LogP contribution in [0.1, 0.15) is 58.2 Å². The molecule has 0 radical (unpaired) electrons. The first-order valence-corrected chi connectivity index (χ1v) is 18.9. The van der Waals surface area contributed by atoms with Crippen LogP contribution in [-0.4, -0.2) is 9.13 Å². The summed E-state index contributed by atoms with van der Waals surface area (Å²) >= 11 is 0. The fraction of sp³-hybridized carbons (Fsp3) is 0.157. The third-order valence-electron chi connectivity index (χ3n) is 11.1. The van der Waals surface area contributed by atoms with Crippen molar-refractivity contribution >= 4 is 43.6 Å². The van der Waals surface area contributed by atoms with Crippen molar-refractivity contribution in [3.8, 4) is 39.7 Å². The van der Waals surface area contributed by atoms with Crippen molar-refractivity contribution in [3.63, 3.8) is 0 Å². The van der Waals surface area contributed by atoms with Crippen molar-refractivity contribution in [1.29, 1.82) is 5.26 Å². The maximum atomic E-state index is 16.5. The topological polar surface area (TPSA) is 33.6 Å². The van der Waals surface area contributed by atoms with E-state index in [1.54, 1.807) is 0 Å². The highest BCUT2D eigenvalue weighted by atomic mass is 19.1. The van der Waals surface area contributed by atoms with Gasteiger partial charge in [-0.2, -0.15) is 5.26 Å². The summed E-state index contributed by atoms with van der Waals surface area (Å²) in [5.41, 5.74) is 11.6. The smallest absolute Gasteiger partial charge is 0.127 e. The van der Waals surface area contributed by atoms with Gasteiger partial charge in [0.1, 0.15) is 17.4 Å². The normalized spacial score (nSPS) is 12.3. The fourth-order valence-electron chi connectivity index (χ4n) is 8.16. The highest BCUT2D eigenvalue weighted by Crippen LogP contribution is 2.42. The summed E-state index contributed by atoms with van der Waals surface area (Å²) in [5.74, 6) is -0.412. The molecule has 0 N–H and O–H groups in total. The molecule has 9 aromatic rings. The predicted octanol–water partition coefficient (Wildman–Crippen LogP) is 13.8. The summed E-state index contributed by atoms with van der Waals surface area (Å²) in [5, 5.41) is 15.5. The summed E-state index contributed by atoms with van der Waals surface area (Å²) in [6, 6.07) is 52.3. The molecule has 2 heterocycles. The molecule has 0 amide bonds. The zero-order valence-electron chi connectivity index (χ0n) is 32.1. The Morgan fingerprint density at radius 1 is 0.436 bits per heavy atom. The van der Waals surface area contributed by atoms with E-state index in [9.17, 15) is 5.26 Å². The number of nitrogens with zero attached hydrogens (tertiary/aromatic N) is 3. The van der Waals surface area contributed by atoms with Crippen LogP contribution in [0.25, 0.3) is 77.2 Å². The number of fused-ring (bicyclic) bond motifs is 6. The number of halogens is 1. The second-order valence-electron chi connectivity index (χ2n) is 16.8. The first kappa shape index (κ1) is 34.3. The number of hydrogen-bond acceptors (Lipinski definition) is 1. The molecule has 0 aliphatic heterocycles. The van der Waals surface area contributed by atoms with E-state index >= 15 is 4.39 Å². The highest BCUT2D eigenvalue weighted by molar-refractivity contribution is 6.12. The van der Waals surface area contributed by atoms with Gasteiger partial charge in [0.25, 0.3) is 0 Å². The standard InChI is InChI=1S/C51H42FN3/c1-50(2,3)36-19-23-44-41(27-36)39-21-17-34(32-13-9-7-10-14-32)25-46(39)54(44)48-29-38(52)30-49(43(48)31-53)55-45-24-20-37(51(4,5)6)28-42(45)40-22-18-35(26-47(40)55)33-15-11-8-12-16-33/h7-30H,1-6H3. The van der Waals surface area contributed by atoms with Crippen LogP contribution < -0.4 is 0 Å².